The Labute approximate surface area is 160 Å². The molecule has 0 bridgehead atoms. The van der Waals surface area contributed by atoms with E-state index < -0.39 is 0 Å². The standard InChI is InChI=1S/C21H27N3O3/c1-23(15-17-4-3-5-20(14-17)26-2)16-21(25)22-18-6-8-19(9-7-18)24-10-12-27-13-11-24/h3-9,14H,10-13,15-16H2,1-2H3,(H,22,25). The summed E-state index contributed by atoms with van der Waals surface area (Å²) >= 11 is 0. The summed E-state index contributed by atoms with van der Waals surface area (Å²) in [4.78, 5) is 16.6. The van der Waals surface area contributed by atoms with Crippen LogP contribution in [-0.4, -0.2) is 57.8 Å². The average Bonchev–Trinajstić information content (AvgIpc) is 2.69. The van der Waals surface area contributed by atoms with Crippen LogP contribution in [-0.2, 0) is 16.1 Å². The fraction of sp³-hybridized carbons (Fsp3) is 0.381. The van der Waals surface area contributed by atoms with Crippen molar-refractivity contribution in [1.82, 2.24) is 4.90 Å². The molecule has 1 amide bonds. The number of ether oxygens (including phenoxy) is 2. The van der Waals surface area contributed by atoms with E-state index in [1.165, 1.54) is 0 Å². The molecule has 3 rings (SSSR count). The minimum atomic E-state index is -0.0282. The van der Waals surface area contributed by atoms with Gasteiger partial charge in [-0.3, -0.25) is 9.69 Å². The number of carbonyl (C=O) groups is 1. The van der Waals surface area contributed by atoms with Crippen LogP contribution in [0.4, 0.5) is 11.4 Å². The molecule has 1 heterocycles. The van der Waals surface area contributed by atoms with Crippen LogP contribution >= 0.6 is 0 Å². The smallest absolute Gasteiger partial charge is 0.238 e. The average molecular weight is 369 g/mol. The highest BCUT2D eigenvalue weighted by Crippen LogP contribution is 2.19. The van der Waals surface area contributed by atoms with E-state index in [0.29, 0.717) is 13.1 Å². The lowest BCUT2D eigenvalue weighted by Gasteiger charge is -2.28. The van der Waals surface area contributed by atoms with Gasteiger partial charge in [-0.15, -0.1) is 0 Å². The van der Waals surface area contributed by atoms with Crippen LogP contribution < -0.4 is 15.0 Å². The topological polar surface area (TPSA) is 54.0 Å². The number of rotatable bonds is 7. The van der Waals surface area contributed by atoms with Crippen molar-refractivity contribution in [1.29, 1.82) is 0 Å². The van der Waals surface area contributed by atoms with Gasteiger partial charge in [0.2, 0.25) is 5.91 Å². The number of anilines is 2. The fourth-order valence-corrected chi connectivity index (χ4v) is 3.16. The molecular weight excluding hydrogens is 342 g/mol. The summed E-state index contributed by atoms with van der Waals surface area (Å²) in [7, 11) is 3.58. The van der Waals surface area contributed by atoms with E-state index in [2.05, 4.69) is 10.2 Å². The highest BCUT2D eigenvalue weighted by Gasteiger charge is 2.12. The second-order valence-corrected chi connectivity index (χ2v) is 6.72. The van der Waals surface area contributed by atoms with Gasteiger partial charge in [-0.2, -0.15) is 0 Å². The third-order valence-electron chi connectivity index (χ3n) is 4.53. The van der Waals surface area contributed by atoms with Gasteiger partial charge in [0.1, 0.15) is 5.75 Å². The van der Waals surface area contributed by atoms with Gasteiger partial charge in [0.15, 0.2) is 0 Å². The first kappa shape index (κ1) is 19.2. The first-order valence-electron chi connectivity index (χ1n) is 9.18. The Morgan fingerprint density at radius 1 is 1.19 bits per heavy atom. The van der Waals surface area contributed by atoms with Crippen molar-refractivity contribution in [3.8, 4) is 5.75 Å². The van der Waals surface area contributed by atoms with Crippen LogP contribution in [0.3, 0.4) is 0 Å². The minimum Gasteiger partial charge on any atom is -0.497 e. The number of carbonyl (C=O) groups excluding carboxylic acids is 1. The molecule has 6 heteroatoms. The Bertz CT molecular complexity index is 743. The summed E-state index contributed by atoms with van der Waals surface area (Å²) < 4.78 is 10.6. The number of likely N-dealkylation sites (N-methyl/N-ethyl adjacent to an activating group) is 1. The number of methoxy groups -OCH3 is 1. The SMILES string of the molecule is COc1cccc(CN(C)CC(=O)Nc2ccc(N3CCOCC3)cc2)c1. The molecule has 0 radical (unpaired) electrons. The molecule has 0 unspecified atom stereocenters. The Kier molecular flexibility index (Phi) is 6.68. The first-order chi connectivity index (χ1) is 13.1. The summed E-state index contributed by atoms with van der Waals surface area (Å²) in [6, 6.07) is 15.9. The van der Waals surface area contributed by atoms with E-state index in [1.54, 1.807) is 7.11 Å². The molecule has 0 spiro atoms. The fourth-order valence-electron chi connectivity index (χ4n) is 3.16. The number of amides is 1. The van der Waals surface area contributed by atoms with Crippen LogP contribution in [0.15, 0.2) is 48.5 Å². The maximum absolute atomic E-state index is 12.3. The molecule has 1 fully saturated rings. The number of benzene rings is 2. The number of morpholine rings is 1. The van der Waals surface area contributed by atoms with Crippen molar-refractivity contribution in [3.63, 3.8) is 0 Å². The van der Waals surface area contributed by atoms with Gasteiger partial charge in [0, 0.05) is 31.0 Å². The Balaban J connectivity index is 1.49. The van der Waals surface area contributed by atoms with Crippen LogP contribution in [0, 0.1) is 0 Å². The van der Waals surface area contributed by atoms with Crippen LogP contribution in [0.1, 0.15) is 5.56 Å². The number of nitrogens with one attached hydrogen (secondary N) is 1. The molecule has 0 atom stereocenters. The summed E-state index contributed by atoms with van der Waals surface area (Å²) in [5, 5.41) is 2.96. The van der Waals surface area contributed by atoms with Crippen LogP contribution in [0.25, 0.3) is 0 Å². The normalized spacial score (nSPS) is 14.3. The predicted octanol–water partition coefficient (Wildman–Crippen LogP) is 2.60. The van der Waals surface area contributed by atoms with E-state index in [4.69, 9.17) is 9.47 Å². The molecule has 0 aromatic heterocycles. The van der Waals surface area contributed by atoms with Crippen molar-refractivity contribution in [2.45, 2.75) is 6.54 Å². The molecule has 144 valence electrons. The lowest BCUT2D eigenvalue weighted by molar-refractivity contribution is -0.117. The Morgan fingerprint density at radius 2 is 1.93 bits per heavy atom. The van der Waals surface area contributed by atoms with E-state index in [1.807, 2.05) is 60.5 Å². The largest absolute Gasteiger partial charge is 0.497 e. The van der Waals surface area contributed by atoms with E-state index in [-0.39, 0.29) is 5.91 Å². The molecule has 0 aliphatic carbocycles. The predicted molar refractivity (Wildman–Crippen MR) is 107 cm³/mol. The summed E-state index contributed by atoms with van der Waals surface area (Å²) in [6.07, 6.45) is 0. The Hall–Kier alpha value is -2.57. The van der Waals surface area contributed by atoms with E-state index >= 15 is 0 Å². The first-order valence-corrected chi connectivity index (χ1v) is 9.18. The molecule has 1 aliphatic heterocycles. The van der Waals surface area contributed by atoms with Gasteiger partial charge in [-0.25, -0.2) is 0 Å². The summed E-state index contributed by atoms with van der Waals surface area (Å²) in [6.45, 7) is 4.33. The third kappa shape index (κ3) is 5.70. The minimum absolute atomic E-state index is 0.0282. The zero-order chi connectivity index (χ0) is 19.1. The van der Waals surface area contributed by atoms with Gasteiger partial charge in [-0.05, 0) is 49.0 Å². The zero-order valence-electron chi connectivity index (χ0n) is 16.0. The van der Waals surface area contributed by atoms with Gasteiger partial charge in [0.25, 0.3) is 0 Å². The van der Waals surface area contributed by atoms with Gasteiger partial charge in [-0.1, -0.05) is 12.1 Å². The number of nitrogens with zero attached hydrogens (tertiary/aromatic N) is 2. The molecule has 1 N–H and O–H groups in total. The van der Waals surface area contributed by atoms with Crippen LogP contribution in [0.5, 0.6) is 5.75 Å². The monoisotopic (exact) mass is 369 g/mol. The van der Waals surface area contributed by atoms with Crippen molar-refractivity contribution in [2.24, 2.45) is 0 Å². The van der Waals surface area contributed by atoms with Gasteiger partial charge < -0.3 is 19.7 Å². The quantitative estimate of drug-likeness (QED) is 0.813. The second-order valence-electron chi connectivity index (χ2n) is 6.72. The van der Waals surface area contributed by atoms with E-state index in [0.717, 1.165) is 49.0 Å². The van der Waals surface area contributed by atoms with Crippen molar-refractivity contribution in [3.05, 3.63) is 54.1 Å². The second kappa shape index (κ2) is 9.39. The van der Waals surface area contributed by atoms with Gasteiger partial charge in [0.05, 0.1) is 26.9 Å². The molecule has 1 saturated heterocycles. The van der Waals surface area contributed by atoms with Crippen molar-refractivity contribution in [2.75, 3.05) is 57.2 Å². The highest BCUT2D eigenvalue weighted by atomic mass is 16.5. The molecule has 2 aromatic carbocycles. The third-order valence-corrected chi connectivity index (χ3v) is 4.53. The number of hydrogen-bond donors (Lipinski definition) is 1. The lowest BCUT2D eigenvalue weighted by atomic mass is 10.2. The molecule has 0 saturated carbocycles. The zero-order valence-corrected chi connectivity index (χ0v) is 16.0. The number of hydrogen-bond acceptors (Lipinski definition) is 5. The van der Waals surface area contributed by atoms with Gasteiger partial charge >= 0.3 is 0 Å². The Morgan fingerprint density at radius 3 is 2.63 bits per heavy atom. The molecular formula is C21H27N3O3. The molecule has 27 heavy (non-hydrogen) atoms. The maximum Gasteiger partial charge on any atom is 0.238 e. The highest BCUT2D eigenvalue weighted by molar-refractivity contribution is 5.92. The lowest BCUT2D eigenvalue weighted by Crippen LogP contribution is -2.36. The molecule has 6 nitrogen and oxygen atoms in total. The van der Waals surface area contributed by atoms with Crippen molar-refractivity contribution >= 4 is 17.3 Å². The summed E-state index contributed by atoms with van der Waals surface area (Å²) in [5.41, 5.74) is 3.08. The van der Waals surface area contributed by atoms with Crippen LogP contribution in [0.2, 0.25) is 0 Å². The summed E-state index contributed by atoms with van der Waals surface area (Å²) in [5.74, 6) is 0.797. The molecule has 2 aromatic rings. The molecule has 1 aliphatic rings. The van der Waals surface area contributed by atoms with Crippen molar-refractivity contribution < 1.29 is 14.3 Å². The van der Waals surface area contributed by atoms with E-state index in [9.17, 15) is 4.79 Å². The maximum atomic E-state index is 12.3.